The van der Waals surface area contributed by atoms with Crippen LogP contribution in [0.3, 0.4) is 0 Å². The molecule has 2 atom stereocenters. The second kappa shape index (κ2) is 13.8. The maximum absolute atomic E-state index is 15.3. The molecule has 4 rings (SSSR count). The number of esters is 1. The number of carbonyl (C=O) groups is 2. The molecule has 0 bridgehead atoms. The lowest BCUT2D eigenvalue weighted by Crippen LogP contribution is -2.41. The zero-order valence-corrected chi connectivity index (χ0v) is 24.5. The predicted octanol–water partition coefficient (Wildman–Crippen LogP) is 5.29. The molecule has 3 aromatic rings. The third-order valence-electron chi connectivity index (χ3n) is 6.53. The number of ether oxygens (including phenoxy) is 2. The van der Waals surface area contributed by atoms with Crippen LogP contribution in [0.25, 0.3) is 0 Å². The number of benzene rings is 3. The number of nitrogens with two attached hydrogens (primary N) is 1. The summed E-state index contributed by atoms with van der Waals surface area (Å²) in [7, 11) is 0. The van der Waals surface area contributed by atoms with Gasteiger partial charge in [-0.2, -0.15) is 0 Å². The lowest BCUT2D eigenvalue weighted by molar-refractivity contribution is -0.157. The van der Waals surface area contributed by atoms with Crippen LogP contribution in [0.4, 0.5) is 18.9 Å². The van der Waals surface area contributed by atoms with Crippen LogP contribution in [-0.2, 0) is 9.53 Å². The predicted molar refractivity (Wildman–Crippen MR) is 159 cm³/mol. The average Bonchev–Trinajstić information content (AvgIpc) is 2.96. The molecule has 232 valence electrons. The van der Waals surface area contributed by atoms with Crippen molar-refractivity contribution in [2.75, 3.05) is 18.1 Å². The number of nitrogens with one attached hydrogen (secondary N) is 1. The monoisotopic (exact) mass is 609 g/mol. The lowest BCUT2D eigenvalue weighted by Gasteiger charge is -2.32. The van der Waals surface area contributed by atoms with Gasteiger partial charge >= 0.3 is 5.97 Å². The lowest BCUT2D eigenvalue weighted by atomic mass is 10.00. The number of halogens is 3. The molecule has 0 aliphatic carbocycles. The van der Waals surface area contributed by atoms with Crippen molar-refractivity contribution in [2.45, 2.75) is 45.1 Å². The third-order valence-corrected chi connectivity index (χ3v) is 6.53. The Balaban J connectivity index is 1.42. The maximum atomic E-state index is 15.3. The van der Waals surface area contributed by atoms with E-state index in [0.29, 0.717) is 13.0 Å². The number of aliphatic hydroxyl groups excluding tert-OH is 1. The Hall–Kier alpha value is -4.61. The molecule has 1 heterocycles. The van der Waals surface area contributed by atoms with Crippen LogP contribution in [0, 0.1) is 17.5 Å². The first-order valence-electron chi connectivity index (χ1n) is 13.9. The van der Waals surface area contributed by atoms with Crippen LogP contribution in [0.15, 0.2) is 90.3 Å². The quantitative estimate of drug-likeness (QED) is 0.153. The summed E-state index contributed by atoms with van der Waals surface area (Å²) in [5.41, 5.74) is 5.47. The molecule has 11 heteroatoms. The highest BCUT2D eigenvalue weighted by Crippen LogP contribution is 2.34. The van der Waals surface area contributed by atoms with Gasteiger partial charge in [-0.05, 0) is 75.7 Å². The highest BCUT2D eigenvalue weighted by Gasteiger charge is 2.31. The van der Waals surface area contributed by atoms with Gasteiger partial charge in [0.15, 0.2) is 23.6 Å². The number of nitrogens with zero attached hydrogens (tertiary/aromatic N) is 1. The van der Waals surface area contributed by atoms with Gasteiger partial charge in [0, 0.05) is 17.7 Å². The van der Waals surface area contributed by atoms with Crippen molar-refractivity contribution >= 4 is 17.4 Å². The fourth-order valence-corrected chi connectivity index (χ4v) is 4.54. The molecule has 0 fully saturated rings. The molecule has 0 saturated carbocycles. The van der Waals surface area contributed by atoms with Crippen LogP contribution >= 0.6 is 0 Å². The molecule has 4 N–H and O–H groups in total. The van der Waals surface area contributed by atoms with Crippen molar-refractivity contribution in [1.29, 1.82) is 0 Å². The minimum absolute atomic E-state index is 0.0640. The first-order chi connectivity index (χ1) is 20.9. The molecule has 3 aromatic carbocycles. The van der Waals surface area contributed by atoms with Crippen LogP contribution in [0.1, 0.15) is 49.2 Å². The molecule has 1 aliphatic heterocycles. The molecule has 8 nitrogen and oxygen atoms in total. The molecule has 1 unspecified atom stereocenters. The Labute approximate surface area is 253 Å². The van der Waals surface area contributed by atoms with E-state index in [1.54, 1.807) is 20.8 Å². The number of hydrogen-bond donors (Lipinski definition) is 3. The zero-order chi connectivity index (χ0) is 32.0. The van der Waals surface area contributed by atoms with Crippen molar-refractivity contribution in [1.82, 2.24) is 5.32 Å². The summed E-state index contributed by atoms with van der Waals surface area (Å²) in [5, 5.41) is 13.7. The Morgan fingerprint density at radius 1 is 1.02 bits per heavy atom. The molecule has 1 aliphatic rings. The Morgan fingerprint density at radius 3 is 2.27 bits per heavy atom. The van der Waals surface area contributed by atoms with Crippen molar-refractivity contribution in [3.8, 4) is 5.75 Å². The fourth-order valence-electron chi connectivity index (χ4n) is 4.54. The topological polar surface area (TPSA) is 114 Å². The summed E-state index contributed by atoms with van der Waals surface area (Å²) in [6.07, 6.45) is 1.22. The number of ketones is 1. The molecular formula is C33H34F3N3O5. The normalized spacial score (nSPS) is 15.7. The van der Waals surface area contributed by atoms with E-state index in [-0.39, 0.29) is 29.3 Å². The number of aliphatic hydroxyl groups is 1. The largest absolute Gasteiger partial charge is 0.493 e. The van der Waals surface area contributed by atoms with Gasteiger partial charge < -0.3 is 25.6 Å². The van der Waals surface area contributed by atoms with E-state index < -0.39 is 52.8 Å². The van der Waals surface area contributed by atoms with Gasteiger partial charge in [-0.15, -0.1) is 0 Å². The van der Waals surface area contributed by atoms with Crippen LogP contribution < -0.4 is 20.7 Å². The van der Waals surface area contributed by atoms with E-state index in [9.17, 15) is 19.1 Å². The van der Waals surface area contributed by atoms with Crippen LogP contribution in [-0.4, -0.2) is 41.8 Å². The molecule has 0 spiro atoms. The van der Waals surface area contributed by atoms with Crippen LogP contribution in [0.2, 0.25) is 0 Å². The highest BCUT2D eigenvalue weighted by molar-refractivity contribution is 6.11. The molecule has 44 heavy (non-hydrogen) atoms. The van der Waals surface area contributed by atoms with Gasteiger partial charge in [-0.25, -0.2) is 18.0 Å². The third kappa shape index (κ3) is 7.86. The summed E-state index contributed by atoms with van der Waals surface area (Å²) in [6.45, 7) is 5.74. The van der Waals surface area contributed by atoms with Gasteiger partial charge in [0.25, 0.3) is 0 Å². The smallest absolute Gasteiger partial charge is 0.328 e. The Kier molecular flexibility index (Phi) is 10.1. The summed E-state index contributed by atoms with van der Waals surface area (Å²) in [5.74, 6) is -4.26. The van der Waals surface area contributed by atoms with Gasteiger partial charge in [0.05, 0.1) is 12.2 Å². The van der Waals surface area contributed by atoms with E-state index in [1.807, 2.05) is 30.3 Å². The van der Waals surface area contributed by atoms with Crippen molar-refractivity contribution in [3.05, 3.63) is 119 Å². The maximum Gasteiger partial charge on any atom is 0.328 e. The summed E-state index contributed by atoms with van der Waals surface area (Å²) >= 11 is 0. The van der Waals surface area contributed by atoms with Crippen molar-refractivity contribution in [3.63, 3.8) is 0 Å². The standard InChI is InChI=1S/C33H34F3N3O5/c1-33(2,3)44-32(42)28(20-8-5-4-6-9-20)38-16-7-17-43-23-18-25(35)29(26(36)19-23)39-27(40)15-14-24(31(39)37)30(41)21-10-12-22(34)13-11-21/h4-6,8-15,18-19,27-28,38,40H,7,16-17,37H2,1-3H3/t27?,28-/m0/s1. The molecule has 0 amide bonds. The first-order valence-corrected chi connectivity index (χ1v) is 13.9. The number of Topliss-reactive ketones (excluding diaryl/α,β-unsaturated/α-hetero) is 1. The van der Waals surface area contributed by atoms with E-state index in [4.69, 9.17) is 15.2 Å². The second-order valence-electron chi connectivity index (χ2n) is 11.0. The van der Waals surface area contributed by atoms with E-state index >= 15 is 8.78 Å². The Bertz CT molecular complexity index is 1530. The molecule has 0 radical (unpaired) electrons. The molecule has 0 aromatic heterocycles. The number of anilines is 1. The minimum Gasteiger partial charge on any atom is -0.493 e. The summed E-state index contributed by atoms with van der Waals surface area (Å²) in [4.78, 5) is 26.5. The van der Waals surface area contributed by atoms with Gasteiger partial charge in [0.1, 0.15) is 34.7 Å². The van der Waals surface area contributed by atoms with Crippen molar-refractivity contribution in [2.24, 2.45) is 5.73 Å². The fraction of sp³-hybridized carbons (Fsp3) is 0.273. The van der Waals surface area contributed by atoms with E-state index in [0.717, 1.165) is 40.8 Å². The number of rotatable bonds is 11. The van der Waals surface area contributed by atoms with Gasteiger partial charge in [-0.1, -0.05) is 30.3 Å². The first kappa shape index (κ1) is 32.3. The summed E-state index contributed by atoms with van der Waals surface area (Å²) in [6, 6.07) is 15.0. The Morgan fingerprint density at radius 2 is 1.66 bits per heavy atom. The van der Waals surface area contributed by atoms with E-state index in [1.165, 1.54) is 18.2 Å². The zero-order valence-electron chi connectivity index (χ0n) is 24.5. The van der Waals surface area contributed by atoms with E-state index in [2.05, 4.69) is 5.32 Å². The summed E-state index contributed by atoms with van der Waals surface area (Å²) < 4.78 is 54.9. The van der Waals surface area contributed by atoms with Gasteiger partial charge in [-0.3, -0.25) is 9.69 Å². The molecule has 0 saturated heterocycles. The highest BCUT2D eigenvalue weighted by atomic mass is 19.1. The number of hydrogen-bond acceptors (Lipinski definition) is 8. The van der Waals surface area contributed by atoms with Crippen molar-refractivity contribution < 1.29 is 37.3 Å². The second-order valence-corrected chi connectivity index (χ2v) is 11.0. The number of allylic oxidation sites excluding steroid dienone is 2. The average molecular weight is 610 g/mol. The SMILES string of the molecule is CC(C)(C)OC(=O)[C@@H](NCCCOc1cc(F)c(N2C(N)=C(C(=O)c3ccc(F)cc3)C=CC2O)c(F)c1)c1ccccc1. The molecular weight excluding hydrogens is 575 g/mol. The number of carbonyl (C=O) groups excluding carboxylic acids is 2. The minimum atomic E-state index is -1.57. The van der Waals surface area contributed by atoms with Gasteiger partial charge in [0.2, 0.25) is 0 Å². The van der Waals surface area contributed by atoms with Crippen LogP contribution in [0.5, 0.6) is 5.75 Å².